The van der Waals surface area contributed by atoms with Crippen LogP contribution in [0.2, 0.25) is 0 Å². The number of nitrogens with one attached hydrogen (secondary N) is 1. The molecule has 0 saturated heterocycles. The fraction of sp³-hybridized carbons (Fsp3) is 0.133. The Morgan fingerprint density at radius 3 is 2.86 bits per heavy atom. The van der Waals surface area contributed by atoms with E-state index in [0.717, 1.165) is 5.69 Å². The van der Waals surface area contributed by atoms with E-state index in [0.29, 0.717) is 24.3 Å². The van der Waals surface area contributed by atoms with Crippen molar-refractivity contribution in [1.29, 1.82) is 0 Å². The average molecular weight is 316 g/mol. The highest BCUT2D eigenvalue weighted by atomic mass is 32.1. The van der Waals surface area contributed by atoms with Gasteiger partial charge in [-0.3, -0.25) is 9.36 Å². The number of benzene rings is 1. The van der Waals surface area contributed by atoms with Gasteiger partial charge < -0.3 is 5.32 Å². The lowest BCUT2D eigenvalue weighted by molar-refractivity contribution is 0.0947. The van der Waals surface area contributed by atoms with Crippen LogP contribution >= 0.6 is 11.3 Å². The molecular weight excluding hydrogens is 303 g/mol. The Labute approximate surface area is 130 Å². The maximum Gasteiger partial charge on any atom is 0.269 e. The van der Waals surface area contributed by atoms with Crippen molar-refractivity contribution in [3.8, 4) is 5.69 Å². The molecule has 0 atom stereocenters. The van der Waals surface area contributed by atoms with E-state index in [2.05, 4.69) is 15.3 Å². The fourth-order valence-electron chi connectivity index (χ4n) is 2.03. The maximum absolute atomic E-state index is 13.0. The van der Waals surface area contributed by atoms with Gasteiger partial charge in [-0.2, -0.15) is 0 Å². The smallest absolute Gasteiger partial charge is 0.269 e. The van der Waals surface area contributed by atoms with Gasteiger partial charge in [0.05, 0.1) is 23.7 Å². The quantitative estimate of drug-likeness (QED) is 0.786. The standard InChI is InChI=1S/C15H13FN4OS/c16-11-1-3-13(4-2-11)20-9-17-7-14(20)15(21)18-6-5-12-8-22-10-19-12/h1-4,7-10H,5-6H2,(H,18,21). The summed E-state index contributed by atoms with van der Waals surface area (Å²) >= 11 is 1.53. The van der Waals surface area contributed by atoms with Crippen LogP contribution in [0.25, 0.3) is 5.69 Å². The Morgan fingerprint density at radius 2 is 2.14 bits per heavy atom. The first-order valence-electron chi connectivity index (χ1n) is 6.67. The third kappa shape index (κ3) is 3.20. The number of imidazole rings is 1. The predicted molar refractivity (Wildman–Crippen MR) is 81.7 cm³/mol. The monoisotopic (exact) mass is 316 g/mol. The lowest BCUT2D eigenvalue weighted by atomic mass is 10.3. The number of aromatic nitrogens is 3. The molecule has 2 aromatic heterocycles. The van der Waals surface area contributed by atoms with Crippen molar-refractivity contribution < 1.29 is 9.18 Å². The number of hydrogen-bond donors (Lipinski definition) is 1. The van der Waals surface area contributed by atoms with Crippen molar-refractivity contribution >= 4 is 17.2 Å². The lowest BCUT2D eigenvalue weighted by Gasteiger charge is -2.08. The van der Waals surface area contributed by atoms with Crippen LogP contribution in [0.4, 0.5) is 4.39 Å². The van der Waals surface area contributed by atoms with Crippen LogP contribution in [0.15, 0.2) is 47.7 Å². The number of thiazole rings is 1. The van der Waals surface area contributed by atoms with Gasteiger partial charge in [0.1, 0.15) is 11.5 Å². The first-order chi connectivity index (χ1) is 10.7. The highest BCUT2D eigenvalue weighted by Gasteiger charge is 2.12. The van der Waals surface area contributed by atoms with E-state index >= 15 is 0 Å². The molecule has 1 amide bonds. The van der Waals surface area contributed by atoms with Gasteiger partial charge in [-0.25, -0.2) is 14.4 Å². The van der Waals surface area contributed by atoms with E-state index in [9.17, 15) is 9.18 Å². The number of carbonyl (C=O) groups is 1. The van der Waals surface area contributed by atoms with Crippen molar-refractivity contribution in [2.24, 2.45) is 0 Å². The van der Waals surface area contributed by atoms with E-state index in [1.54, 1.807) is 22.2 Å². The number of nitrogens with zero attached hydrogens (tertiary/aromatic N) is 3. The van der Waals surface area contributed by atoms with Gasteiger partial charge in [0.25, 0.3) is 5.91 Å². The topological polar surface area (TPSA) is 59.8 Å². The van der Waals surface area contributed by atoms with Crippen molar-refractivity contribution in [1.82, 2.24) is 19.9 Å². The molecule has 0 aliphatic carbocycles. The van der Waals surface area contributed by atoms with Crippen LogP contribution in [-0.2, 0) is 6.42 Å². The van der Waals surface area contributed by atoms with Gasteiger partial charge in [0.15, 0.2) is 0 Å². The minimum absolute atomic E-state index is 0.225. The van der Waals surface area contributed by atoms with E-state index in [-0.39, 0.29) is 11.7 Å². The minimum atomic E-state index is -0.321. The molecule has 1 N–H and O–H groups in total. The molecule has 0 spiro atoms. The number of hydrogen-bond acceptors (Lipinski definition) is 4. The summed E-state index contributed by atoms with van der Waals surface area (Å²) in [4.78, 5) is 20.4. The molecule has 3 aromatic rings. The maximum atomic E-state index is 13.0. The largest absolute Gasteiger partial charge is 0.350 e. The molecule has 0 radical (unpaired) electrons. The lowest BCUT2D eigenvalue weighted by Crippen LogP contribution is -2.27. The van der Waals surface area contributed by atoms with Gasteiger partial charge >= 0.3 is 0 Å². The first kappa shape index (κ1) is 14.4. The molecule has 112 valence electrons. The fourth-order valence-corrected chi connectivity index (χ4v) is 2.62. The molecule has 0 saturated carbocycles. The van der Waals surface area contributed by atoms with E-state index in [1.165, 1.54) is 36.0 Å². The molecule has 0 bridgehead atoms. The second kappa shape index (κ2) is 6.48. The number of halogens is 1. The summed E-state index contributed by atoms with van der Waals surface area (Å²) in [6, 6.07) is 5.89. The number of carbonyl (C=O) groups excluding carboxylic acids is 1. The van der Waals surface area contributed by atoms with E-state index < -0.39 is 0 Å². The normalized spacial score (nSPS) is 10.6. The SMILES string of the molecule is O=C(NCCc1cscn1)c1cncn1-c1ccc(F)cc1. The number of amides is 1. The van der Waals surface area contributed by atoms with Gasteiger partial charge in [0, 0.05) is 24.0 Å². The van der Waals surface area contributed by atoms with Crippen LogP contribution in [0.5, 0.6) is 0 Å². The molecule has 1 aromatic carbocycles. The van der Waals surface area contributed by atoms with E-state index in [4.69, 9.17) is 0 Å². The Hall–Kier alpha value is -2.54. The molecule has 5 nitrogen and oxygen atoms in total. The summed E-state index contributed by atoms with van der Waals surface area (Å²) in [5.74, 6) is -0.546. The molecule has 7 heteroatoms. The summed E-state index contributed by atoms with van der Waals surface area (Å²) in [5.41, 5.74) is 3.81. The van der Waals surface area contributed by atoms with Crippen molar-refractivity contribution in [3.63, 3.8) is 0 Å². The van der Waals surface area contributed by atoms with Crippen LogP contribution in [0, 0.1) is 5.82 Å². The zero-order valence-corrected chi connectivity index (χ0v) is 12.4. The van der Waals surface area contributed by atoms with Crippen LogP contribution in [0.3, 0.4) is 0 Å². The third-order valence-electron chi connectivity index (χ3n) is 3.13. The average Bonchev–Trinajstić information content (AvgIpc) is 3.19. The molecule has 0 aliphatic heterocycles. The molecule has 0 aliphatic rings. The molecule has 0 fully saturated rings. The van der Waals surface area contributed by atoms with Crippen molar-refractivity contribution in [2.45, 2.75) is 6.42 Å². The van der Waals surface area contributed by atoms with Gasteiger partial charge in [0.2, 0.25) is 0 Å². The summed E-state index contributed by atoms with van der Waals surface area (Å²) in [6.07, 6.45) is 3.70. The highest BCUT2D eigenvalue weighted by Crippen LogP contribution is 2.12. The molecule has 3 rings (SSSR count). The number of rotatable bonds is 5. The van der Waals surface area contributed by atoms with Gasteiger partial charge in [-0.15, -0.1) is 11.3 Å². The van der Waals surface area contributed by atoms with Crippen LogP contribution in [-0.4, -0.2) is 27.0 Å². The summed E-state index contributed by atoms with van der Waals surface area (Å²) in [7, 11) is 0. The second-order valence-corrected chi connectivity index (χ2v) is 5.33. The summed E-state index contributed by atoms with van der Waals surface area (Å²) < 4.78 is 14.6. The Balaban J connectivity index is 1.68. The van der Waals surface area contributed by atoms with Crippen molar-refractivity contribution in [2.75, 3.05) is 6.54 Å². The first-order valence-corrected chi connectivity index (χ1v) is 7.62. The third-order valence-corrected chi connectivity index (χ3v) is 3.76. The zero-order valence-electron chi connectivity index (χ0n) is 11.6. The Bertz CT molecular complexity index is 752. The van der Waals surface area contributed by atoms with Crippen LogP contribution in [0.1, 0.15) is 16.2 Å². The molecule has 2 heterocycles. The Morgan fingerprint density at radius 1 is 1.32 bits per heavy atom. The molecular formula is C15H13FN4OS. The zero-order chi connectivity index (χ0) is 15.4. The molecule has 22 heavy (non-hydrogen) atoms. The van der Waals surface area contributed by atoms with Crippen LogP contribution < -0.4 is 5.32 Å². The second-order valence-electron chi connectivity index (χ2n) is 4.61. The van der Waals surface area contributed by atoms with Gasteiger partial charge in [-0.05, 0) is 24.3 Å². The summed E-state index contributed by atoms with van der Waals surface area (Å²) in [6.45, 7) is 0.497. The highest BCUT2D eigenvalue weighted by molar-refractivity contribution is 7.07. The van der Waals surface area contributed by atoms with Gasteiger partial charge in [-0.1, -0.05) is 0 Å². The predicted octanol–water partition coefficient (Wildman–Crippen LogP) is 2.44. The molecule has 0 unspecified atom stereocenters. The van der Waals surface area contributed by atoms with Crippen molar-refractivity contribution in [3.05, 3.63) is 64.9 Å². The minimum Gasteiger partial charge on any atom is -0.350 e. The van der Waals surface area contributed by atoms with E-state index in [1.807, 2.05) is 5.38 Å². The Kier molecular flexibility index (Phi) is 4.24. The summed E-state index contributed by atoms with van der Waals surface area (Å²) in [5, 5.41) is 4.79.